The number of carbonyl (C=O) groups is 1. The van der Waals surface area contributed by atoms with Gasteiger partial charge in [0.15, 0.2) is 11.5 Å². The highest BCUT2D eigenvalue weighted by Crippen LogP contribution is 2.31. The largest absolute Gasteiger partial charge is 0.493 e. The highest BCUT2D eigenvalue weighted by molar-refractivity contribution is 5.92. The van der Waals surface area contributed by atoms with Crippen molar-refractivity contribution >= 4 is 11.6 Å². The van der Waals surface area contributed by atoms with Crippen LogP contribution in [0.3, 0.4) is 0 Å². The maximum Gasteiger partial charge on any atom is 0.241 e. The molecule has 2 heterocycles. The van der Waals surface area contributed by atoms with Gasteiger partial charge in [-0.1, -0.05) is 5.16 Å². The Morgan fingerprint density at radius 1 is 1.18 bits per heavy atom. The van der Waals surface area contributed by atoms with Crippen LogP contribution in [-0.4, -0.2) is 48.3 Å². The Labute approximate surface area is 189 Å². The molecule has 2 aromatic carbocycles. The van der Waals surface area contributed by atoms with Crippen molar-refractivity contribution in [2.75, 3.05) is 32.6 Å². The van der Waals surface area contributed by atoms with Gasteiger partial charge >= 0.3 is 0 Å². The van der Waals surface area contributed by atoms with Gasteiger partial charge in [-0.2, -0.15) is 4.98 Å². The van der Waals surface area contributed by atoms with Crippen LogP contribution in [0.4, 0.5) is 14.5 Å². The number of nitrogens with one attached hydrogen (secondary N) is 1. The standard InChI is InChI=1S/C23H24F2N4O4/c1-31-19-8-5-14(10-20(19)32-2)22-27-21(33-28-22)13-29-9-3-4-15(12-29)23(30)26-18-7-6-16(24)11-17(18)25/h5-8,10-11,15H,3-4,9,12-13H2,1-2H3,(H,26,30). The fourth-order valence-electron chi connectivity index (χ4n) is 3.84. The van der Waals surface area contributed by atoms with Crippen LogP contribution >= 0.6 is 0 Å². The van der Waals surface area contributed by atoms with Crippen molar-refractivity contribution in [3.63, 3.8) is 0 Å². The number of amides is 1. The van der Waals surface area contributed by atoms with Gasteiger partial charge < -0.3 is 19.3 Å². The Kier molecular flexibility index (Phi) is 6.83. The first-order chi connectivity index (χ1) is 16.0. The van der Waals surface area contributed by atoms with E-state index in [0.717, 1.165) is 30.7 Å². The molecule has 3 aromatic rings. The Hall–Kier alpha value is -3.53. The minimum atomic E-state index is -0.801. The summed E-state index contributed by atoms with van der Waals surface area (Å²) in [6.07, 6.45) is 1.46. The normalized spacial score (nSPS) is 16.4. The van der Waals surface area contributed by atoms with E-state index < -0.39 is 11.6 Å². The number of hydrogen-bond acceptors (Lipinski definition) is 7. The highest BCUT2D eigenvalue weighted by atomic mass is 19.1. The fraction of sp³-hybridized carbons (Fsp3) is 0.348. The van der Waals surface area contributed by atoms with E-state index >= 15 is 0 Å². The van der Waals surface area contributed by atoms with Crippen molar-refractivity contribution in [2.45, 2.75) is 19.4 Å². The molecule has 8 nitrogen and oxygen atoms in total. The van der Waals surface area contributed by atoms with Crippen molar-refractivity contribution in [2.24, 2.45) is 5.92 Å². The number of methoxy groups -OCH3 is 2. The lowest BCUT2D eigenvalue weighted by molar-refractivity contribution is -0.121. The van der Waals surface area contributed by atoms with Gasteiger partial charge in [0.25, 0.3) is 0 Å². The lowest BCUT2D eigenvalue weighted by Gasteiger charge is -2.30. The molecule has 1 saturated heterocycles. The molecular weight excluding hydrogens is 434 g/mol. The second kappa shape index (κ2) is 9.95. The number of ether oxygens (including phenoxy) is 2. The second-order valence-electron chi connectivity index (χ2n) is 7.77. The Morgan fingerprint density at radius 2 is 2.00 bits per heavy atom. The SMILES string of the molecule is COc1ccc(-c2noc(CN3CCCC(C(=O)Nc4ccc(F)cc4F)C3)n2)cc1OC. The summed E-state index contributed by atoms with van der Waals surface area (Å²) in [5.41, 5.74) is 0.690. The van der Waals surface area contributed by atoms with Crippen molar-refractivity contribution in [1.82, 2.24) is 15.0 Å². The number of halogens is 2. The minimum Gasteiger partial charge on any atom is -0.493 e. The summed E-state index contributed by atoms with van der Waals surface area (Å²) in [7, 11) is 3.11. The number of anilines is 1. The average molecular weight is 458 g/mol. The third-order valence-electron chi connectivity index (χ3n) is 5.53. The smallest absolute Gasteiger partial charge is 0.241 e. The number of aromatic nitrogens is 2. The summed E-state index contributed by atoms with van der Waals surface area (Å²) in [6, 6.07) is 8.42. The Morgan fingerprint density at radius 3 is 2.76 bits per heavy atom. The van der Waals surface area contributed by atoms with E-state index in [1.807, 2.05) is 11.0 Å². The number of nitrogens with zero attached hydrogens (tertiary/aromatic N) is 3. The van der Waals surface area contributed by atoms with Crippen molar-refractivity contribution in [3.8, 4) is 22.9 Å². The van der Waals surface area contributed by atoms with E-state index in [0.29, 0.717) is 42.7 Å². The lowest BCUT2D eigenvalue weighted by atomic mass is 9.97. The summed E-state index contributed by atoms with van der Waals surface area (Å²) in [5, 5.41) is 6.61. The summed E-state index contributed by atoms with van der Waals surface area (Å²) in [5.74, 6) is -0.134. The molecule has 1 aliphatic heterocycles. The van der Waals surface area contributed by atoms with Crippen LogP contribution in [0.15, 0.2) is 40.9 Å². The maximum absolute atomic E-state index is 13.9. The molecule has 0 saturated carbocycles. The number of benzene rings is 2. The first-order valence-electron chi connectivity index (χ1n) is 10.5. The Balaban J connectivity index is 1.39. The molecule has 1 amide bonds. The quantitative estimate of drug-likeness (QED) is 0.575. The molecule has 1 aromatic heterocycles. The molecule has 4 rings (SSSR count). The fourth-order valence-corrected chi connectivity index (χ4v) is 3.84. The van der Waals surface area contributed by atoms with Crippen molar-refractivity contribution in [1.29, 1.82) is 0 Å². The van der Waals surface area contributed by atoms with E-state index in [1.54, 1.807) is 26.4 Å². The van der Waals surface area contributed by atoms with Gasteiger partial charge in [0.1, 0.15) is 11.6 Å². The van der Waals surface area contributed by atoms with Gasteiger partial charge in [-0.3, -0.25) is 9.69 Å². The predicted octanol–water partition coefficient (Wildman–Crippen LogP) is 3.88. The van der Waals surface area contributed by atoms with Gasteiger partial charge in [0, 0.05) is 18.2 Å². The molecule has 174 valence electrons. The molecule has 1 atom stereocenters. The van der Waals surface area contributed by atoms with Gasteiger partial charge in [0.05, 0.1) is 32.4 Å². The Bertz CT molecular complexity index is 1140. The van der Waals surface area contributed by atoms with Crippen LogP contribution in [0.25, 0.3) is 11.4 Å². The van der Waals surface area contributed by atoms with Gasteiger partial charge in [0.2, 0.25) is 17.6 Å². The molecule has 1 unspecified atom stereocenters. The van der Waals surface area contributed by atoms with Gasteiger partial charge in [-0.25, -0.2) is 8.78 Å². The van der Waals surface area contributed by atoms with Crippen LogP contribution < -0.4 is 14.8 Å². The van der Waals surface area contributed by atoms with Crippen LogP contribution in [0.1, 0.15) is 18.7 Å². The monoisotopic (exact) mass is 458 g/mol. The summed E-state index contributed by atoms with van der Waals surface area (Å²) < 4.78 is 42.9. The molecule has 0 spiro atoms. The van der Waals surface area contributed by atoms with E-state index in [9.17, 15) is 13.6 Å². The second-order valence-corrected chi connectivity index (χ2v) is 7.77. The minimum absolute atomic E-state index is 0.0324. The average Bonchev–Trinajstić information content (AvgIpc) is 3.29. The van der Waals surface area contributed by atoms with E-state index in [2.05, 4.69) is 15.5 Å². The van der Waals surface area contributed by atoms with Gasteiger partial charge in [-0.05, 0) is 49.7 Å². The topological polar surface area (TPSA) is 89.7 Å². The number of piperidine rings is 1. The van der Waals surface area contributed by atoms with E-state index in [1.165, 1.54) is 6.07 Å². The van der Waals surface area contributed by atoms with Crippen molar-refractivity contribution in [3.05, 3.63) is 53.9 Å². The first-order valence-corrected chi connectivity index (χ1v) is 10.5. The molecule has 10 heteroatoms. The molecule has 1 aliphatic rings. The van der Waals surface area contributed by atoms with Crippen LogP contribution in [0.2, 0.25) is 0 Å². The highest BCUT2D eigenvalue weighted by Gasteiger charge is 2.27. The summed E-state index contributed by atoms with van der Waals surface area (Å²) >= 11 is 0. The lowest BCUT2D eigenvalue weighted by Crippen LogP contribution is -2.40. The molecule has 0 aliphatic carbocycles. The molecule has 1 fully saturated rings. The molecule has 0 bridgehead atoms. The predicted molar refractivity (Wildman–Crippen MR) is 116 cm³/mol. The molecule has 0 radical (unpaired) electrons. The van der Waals surface area contributed by atoms with E-state index in [-0.39, 0.29) is 17.5 Å². The van der Waals surface area contributed by atoms with Crippen LogP contribution in [-0.2, 0) is 11.3 Å². The van der Waals surface area contributed by atoms with E-state index in [4.69, 9.17) is 14.0 Å². The first kappa shape index (κ1) is 22.7. The molecular formula is C23H24F2N4O4. The number of hydrogen-bond donors (Lipinski definition) is 1. The summed E-state index contributed by atoms with van der Waals surface area (Å²) in [4.78, 5) is 19.1. The number of rotatable bonds is 7. The summed E-state index contributed by atoms with van der Waals surface area (Å²) in [6.45, 7) is 1.61. The molecule has 1 N–H and O–H groups in total. The third kappa shape index (κ3) is 5.28. The third-order valence-corrected chi connectivity index (χ3v) is 5.53. The zero-order valence-electron chi connectivity index (χ0n) is 18.3. The van der Waals surface area contributed by atoms with Crippen molar-refractivity contribution < 1.29 is 27.6 Å². The van der Waals surface area contributed by atoms with Crippen LogP contribution in [0.5, 0.6) is 11.5 Å². The van der Waals surface area contributed by atoms with Crippen LogP contribution in [0, 0.1) is 17.6 Å². The maximum atomic E-state index is 13.9. The zero-order valence-corrected chi connectivity index (χ0v) is 18.3. The number of carbonyl (C=O) groups excluding carboxylic acids is 1. The molecule has 33 heavy (non-hydrogen) atoms. The number of likely N-dealkylation sites (tertiary alicyclic amines) is 1. The zero-order chi connectivity index (χ0) is 23.4. The van der Waals surface area contributed by atoms with Gasteiger partial charge in [-0.15, -0.1) is 0 Å².